The first-order valence-electron chi connectivity index (χ1n) is 10.5. The number of rotatable bonds is 5. The number of benzene rings is 3. The SMILES string of the molecule is Cc1cc(C)n2cc(C[P+](c3ccccc3)(c3ccccc3)c3ccccc3)nc2n1. The van der Waals surface area contributed by atoms with Gasteiger partial charge in [-0.05, 0) is 56.3 Å². The van der Waals surface area contributed by atoms with Crippen molar-refractivity contribution in [3.05, 3.63) is 120 Å². The Bertz CT molecular complexity index is 1220. The summed E-state index contributed by atoms with van der Waals surface area (Å²) in [6, 6.07) is 34.9. The van der Waals surface area contributed by atoms with Crippen LogP contribution in [0.4, 0.5) is 0 Å². The summed E-state index contributed by atoms with van der Waals surface area (Å²) in [7, 11) is -1.96. The minimum Gasteiger partial charge on any atom is -0.288 e. The molecule has 0 atom stereocenters. The van der Waals surface area contributed by atoms with E-state index < -0.39 is 7.26 Å². The van der Waals surface area contributed by atoms with E-state index in [9.17, 15) is 0 Å². The highest BCUT2D eigenvalue weighted by Gasteiger charge is 2.46. The highest BCUT2D eigenvalue weighted by molar-refractivity contribution is 7.95. The Kier molecular flexibility index (Phi) is 5.13. The topological polar surface area (TPSA) is 30.2 Å². The molecule has 0 bridgehead atoms. The van der Waals surface area contributed by atoms with Crippen molar-refractivity contribution in [1.29, 1.82) is 0 Å². The van der Waals surface area contributed by atoms with Gasteiger partial charge >= 0.3 is 0 Å². The third-order valence-corrected chi connectivity index (χ3v) is 10.1. The van der Waals surface area contributed by atoms with Gasteiger partial charge < -0.3 is 0 Å². The molecule has 0 aliphatic heterocycles. The third-order valence-electron chi connectivity index (χ3n) is 5.80. The number of hydrogen-bond donors (Lipinski definition) is 0. The number of aromatic nitrogens is 3. The second kappa shape index (κ2) is 8.09. The first-order valence-corrected chi connectivity index (χ1v) is 12.5. The Morgan fingerprint density at radius 3 is 1.65 bits per heavy atom. The van der Waals surface area contributed by atoms with Gasteiger partial charge in [0, 0.05) is 17.6 Å². The molecule has 0 fully saturated rings. The van der Waals surface area contributed by atoms with E-state index in [1.54, 1.807) is 0 Å². The zero-order valence-corrected chi connectivity index (χ0v) is 18.7. The zero-order chi connectivity index (χ0) is 21.3. The summed E-state index contributed by atoms with van der Waals surface area (Å²) in [4.78, 5) is 9.64. The summed E-state index contributed by atoms with van der Waals surface area (Å²) >= 11 is 0. The maximum absolute atomic E-state index is 4.98. The van der Waals surface area contributed by atoms with E-state index in [4.69, 9.17) is 4.98 Å². The number of fused-ring (bicyclic) bond motifs is 1. The van der Waals surface area contributed by atoms with E-state index in [1.807, 2.05) is 6.92 Å². The molecule has 152 valence electrons. The molecule has 0 unspecified atom stereocenters. The molecule has 0 radical (unpaired) electrons. The van der Waals surface area contributed by atoms with Crippen LogP contribution in [0.25, 0.3) is 5.78 Å². The molecule has 31 heavy (non-hydrogen) atoms. The van der Waals surface area contributed by atoms with E-state index in [0.717, 1.165) is 29.0 Å². The lowest BCUT2D eigenvalue weighted by Gasteiger charge is -2.27. The minimum absolute atomic E-state index is 0.778. The van der Waals surface area contributed by atoms with Gasteiger partial charge in [0.1, 0.15) is 29.3 Å². The summed E-state index contributed by atoms with van der Waals surface area (Å²) < 4.78 is 2.11. The van der Waals surface area contributed by atoms with Gasteiger partial charge in [-0.25, -0.2) is 9.97 Å². The molecule has 3 aromatic carbocycles. The number of imidazole rings is 1. The highest BCUT2D eigenvalue weighted by Crippen LogP contribution is 2.57. The van der Waals surface area contributed by atoms with Gasteiger partial charge in [-0.1, -0.05) is 54.6 Å². The van der Waals surface area contributed by atoms with Crippen LogP contribution in [0.1, 0.15) is 17.1 Å². The Balaban J connectivity index is 1.77. The molecule has 0 spiro atoms. The fourth-order valence-electron chi connectivity index (χ4n) is 4.41. The quantitative estimate of drug-likeness (QED) is 0.380. The van der Waals surface area contributed by atoms with Crippen molar-refractivity contribution in [3.63, 3.8) is 0 Å². The lowest BCUT2D eigenvalue weighted by molar-refractivity contribution is 1.01. The molecule has 0 saturated heterocycles. The Morgan fingerprint density at radius 1 is 0.677 bits per heavy atom. The van der Waals surface area contributed by atoms with Gasteiger partial charge in [0.2, 0.25) is 5.78 Å². The Morgan fingerprint density at radius 2 is 1.16 bits per heavy atom. The van der Waals surface area contributed by atoms with Crippen molar-refractivity contribution < 1.29 is 0 Å². The van der Waals surface area contributed by atoms with Crippen LogP contribution in [0.2, 0.25) is 0 Å². The van der Waals surface area contributed by atoms with Gasteiger partial charge in [-0.3, -0.25) is 4.40 Å². The molecule has 0 aliphatic carbocycles. The predicted octanol–water partition coefficient (Wildman–Crippen LogP) is 4.84. The second-order valence-electron chi connectivity index (χ2n) is 7.92. The average Bonchev–Trinajstić information content (AvgIpc) is 3.22. The van der Waals surface area contributed by atoms with Crippen LogP contribution in [0, 0.1) is 13.8 Å². The summed E-state index contributed by atoms with van der Waals surface area (Å²) in [5.74, 6) is 0.778. The molecule has 0 N–H and O–H groups in total. The average molecular weight is 422 g/mol. The van der Waals surface area contributed by atoms with Crippen molar-refractivity contribution in [2.45, 2.75) is 20.0 Å². The Hall–Kier alpha value is -3.29. The smallest absolute Gasteiger partial charge is 0.234 e. The lowest BCUT2D eigenvalue weighted by atomic mass is 10.3. The second-order valence-corrected chi connectivity index (χ2v) is 11.4. The minimum atomic E-state index is -1.96. The van der Waals surface area contributed by atoms with E-state index in [2.05, 4.69) is 120 Å². The van der Waals surface area contributed by atoms with Crippen molar-refractivity contribution in [1.82, 2.24) is 14.4 Å². The zero-order valence-electron chi connectivity index (χ0n) is 17.8. The van der Waals surface area contributed by atoms with Crippen LogP contribution in [-0.2, 0) is 6.16 Å². The van der Waals surface area contributed by atoms with Gasteiger partial charge in [0.25, 0.3) is 0 Å². The van der Waals surface area contributed by atoms with E-state index in [1.165, 1.54) is 15.9 Å². The van der Waals surface area contributed by atoms with E-state index in [-0.39, 0.29) is 0 Å². The molecule has 2 heterocycles. The molecule has 2 aromatic heterocycles. The largest absolute Gasteiger partial charge is 0.288 e. The van der Waals surface area contributed by atoms with Gasteiger partial charge in [-0.15, -0.1) is 0 Å². The van der Waals surface area contributed by atoms with Gasteiger partial charge in [0.05, 0.1) is 5.69 Å². The van der Waals surface area contributed by atoms with Crippen LogP contribution in [0.5, 0.6) is 0 Å². The molecular weight excluding hydrogens is 397 g/mol. The predicted molar refractivity (Wildman–Crippen MR) is 131 cm³/mol. The number of hydrogen-bond acceptors (Lipinski definition) is 2. The van der Waals surface area contributed by atoms with Gasteiger partial charge in [-0.2, -0.15) is 0 Å². The van der Waals surface area contributed by atoms with E-state index in [0.29, 0.717) is 0 Å². The normalized spacial score (nSPS) is 11.7. The highest BCUT2D eigenvalue weighted by atomic mass is 31.2. The fraction of sp³-hybridized carbons (Fsp3) is 0.111. The number of nitrogens with zero attached hydrogens (tertiary/aromatic N) is 3. The third kappa shape index (κ3) is 3.56. The lowest BCUT2D eigenvalue weighted by Crippen LogP contribution is -2.32. The standard InChI is InChI=1S/C27H25N3P/c1-21-18-22(2)30-19-23(29-27(30)28-21)20-31(24-12-6-3-7-13-24,25-14-8-4-9-15-25)26-16-10-5-11-17-26/h3-19H,20H2,1-2H3/q+1. The summed E-state index contributed by atoms with van der Waals surface area (Å²) in [6.45, 7) is 4.14. The van der Waals surface area contributed by atoms with Gasteiger partial charge in [0.15, 0.2) is 0 Å². The van der Waals surface area contributed by atoms with Crippen molar-refractivity contribution >= 4 is 29.0 Å². The molecule has 0 aliphatic rings. The van der Waals surface area contributed by atoms with Crippen molar-refractivity contribution in [3.8, 4) is 0 Å². The van der Waals surface area contributed by atoms with Crippen LogP contribution in [0.3, 0.4) is 0 Å². The molecule has 5 aromatic rings. The molecule has 4 heteroatoms. The van der Waals surface area contributed by atoms with Crippen LogP contribution < -0.4 is 15.9 Å². The molecule has 3 nitrogen and oxygen atoms in total. The van der Waals surface area contributed by atoms with Crippen LogP contribution in [-0.4, -0.2) is 14.4 Å². The molecule has 0 saturated carbocycles. The first-order chi connectivity index (χ1) is 15.2. The molecule has 0 amide bonds. The van der Waals surface area contributed by atoms with Crippen LogP contribution in [0.15, 0.2) is 103 Å². The fourth-order valence-corrected chi connectivity index (χ4v) is 8.53. The molecular formula is C27H25N3P+. The molecule has 5 rings (SSSR count). The number of aryl methyl sites for hydroxylation is 2. The van der Waals surface area contributed by atoms with Crippen molar-refractivity contribution in [2.75, 3.05) is 0 Å². The van der Waals surface area contributed by atoms with E-state index >= 15 is 0 Å². The summed E-state index contributed by atoms with van der Waals surface area (Å²) in [5, 5.41) is 4.10. The Labute approximate surface area is 183 Å². The van der Waals surface area contributed by atoms with Crippen LogP contribution >= 0.6 is 7.26 Å². The van der Waals surface area contributed by atoms with Crippen molar-refractivity contribution in [2.24, 2.45) is 0 Å². The first kappa shape index (κ1) is 19.7. The maximum atomic E-state index is 4.98. The maximum Gasteiger partial charge on any atom is 0.234 e. The summed E-state index contributed by atoms with van der Waals surface area (Å²) in [5.41, 5.74) is 3.23. The summed E-state index contributed by atoms with van der Waals surface area (Å²) in [6.07, 6.45) is 3.02. The monoisotopic (exact) mass is 422 g/mol.